The molecule has 2 aromatic rings. The van der Waals surface area contributed by atoms with Crippen LogP contribution >= 0.6 is 0 Å². The van der Waals surface area contributed by atoms with Crippen molar-refractivity contribution in [3.05, 3.63) is 53.8 Å². The van der Waals surface area contributed by atoms with Gasteiger partial charge in [-0.15, -0.1) is 0 Å². The van der Waals surface area contributed by atoms with Crippen LogP contribution in [0.5, 0.6) is 5.75 Å². The molecule has 3 N–H and O–H groups in total. The highest BCUT2D eigenvalue weighted by atomic mass is 19.1. The molecule has 0 aliphatic rings. The summed E-state index contributed by atoms with van der Waals surface area (Å²) in [6.07, 6.45) is 0.954. The predicted octanol–water partition coefficient (Wildman–Crippen LogP) is 2.99. The van der Waals surface area contributed by atoms with Gasteiger partial charge in [0.15, 0.2) is 0 Å². The number of rotatable bonds is 5. The molecule has 2 aromatic carbocycles. The summed E-state index contributed by atoms with van der Waals surface area (Å²) in [6, 6.07) is 11.7. The van der Waals surface area contributed by atoms with Gasteiger partial charge in [-0.1, -0.05) is 12.1 Å². The predicted molar refractivity (Wildman–Crippen MR) is 80.8 cm³/mol. The highest BCUT2D eigenvalue weighted by molar-refractivity contribution is 5.91. The number of hydrogen-bond donors (Lipinski definition) is 2. The Balaban J connectivity index is 1.87. The minimum absolute atomic E-state index is 0.0166. The number of nitrogens with one attached hydrogen (secondary N) is 1. The van der Waals surface area contributed by atoms with Gasteiger partial charge in [-0.3, -0.25) is 4.79 Å². The number of benzene rings is 2. The molecule has 0 saturated carbocycles. The molecule has 0 aliphatic heterocycles. The van der Waals surface area contributed by atoms with Gasteiger partial charge < -0.3 is 15.8 Å². The smallest absolute Gasteiger partial charge is 0.224 e. The van der Waals surface area contributed by atoms with Crippen LogP contribution in [0.1, 0.15) is 12.0 Å². The Morgan fingerprint density at radius 1 is 1.24 bits per heavy atom. The molecule has 0 atom stereocenters. The Labute approximate surface area is 122 Å². The molecule has 1 amide bonds. The summed E-state index contributed by atoms with van der Waals surface area (Å²) in [5.41, 5.74) is 7.01. The number of hydrogen-bond acceptors (Lipinski definition) is 3. The molecule has 0 spiro atoms. The molecular formula is C16H17FN2O2. The molecule has 5 heteroatoms. The summed E-state index contributed by atoms with van der Waals surface area (Å²) in [7, 11) is 1.61. The zero-order valence-corrected chi connectivity index (χ0v) is 11.7. The van der Waals surface area contributed by atoms with E-state index in [1.54, 1.807) is 7.11 Å². The topological polar surface area (TPSA) is 64.3 Å². The van der Waals surface area contributed by atoms with E-state index in [2.05, 4.69) is 5.32 Å². The zero-order chi connectivity index (χ0) is 15.2. The Morgan fingerprint density at radius 3 is 2.57 bits per heavy atom. The highest BCUT2D eigenvalue weighted by Gasteiger charge is 2.05. The van der Waals surface area contributed by atoms with Crippen molar-refractivity contribution in [3.63, 3.8) is 0 Å². The van der Waals surface area contributed by atoms with Gasteiger partial charge in [0.2, 0.25) is 5.91 Å². The van der Waals surface area contributed by atoms with E-state index in [9.17, 15) is 9.18 Å². The molecule has 0 heterocycles. The summed E-state index contributed by atoms with van der Waals surface area (Å²) in [5.74, 6) is 0.146. The number of aryl methyl sites for hydroxylation is 1. The molecule has 110 valence electrons. The minimum Gasteiger partial charge on any atom is -0.497 e. The number of carbonyl (C=O) groups is 1. The zero-order valence-electron chi connectivity index (χ0n) is 11.7. The second-order valence-electron chi connectivity index (χ2n) is 4.63. The van der Waals surface area contributed by atoms with Gasteiger partial charge in [-0.05, 0) is 42.3 Å². The van der Waals surface area contributed by atoms with E-state index in [1.165, 1.54) is 18.2 Å². The van der Waals surface area contributed by atoms with E-state index >= 15 is 0 Å². The molecule has 2 rings (SSSR count). The van der Waals surface area contributed by atoms with Crippen molar-refractivity contribution >= 4 is 17.3 Å². The molecular weight excluding hydrogens is 271 g/mol. The highest BCUT2D eigenvalue weighted by Crippen LogP contribution is 2.17. The van der Waals surface area contributed by atoms with E-state index < -0.39 is 5.82 Å². The Bertz CT molecular complexity index is 627. The van der Waals surface area contributed by atoms with Crippen LogP contribution in [-0.2, 0) is 11.2 Å². The summed E-state index contributed by atoms with van der Waals surface area (Å²) < 4.78 is 18.1. The lowest BCUT2D eigenvalue weighted by Gasteiger charge is -2.07. The van der Waals surface area contributed by atoms with Gasteiger partial charge in [-0.2, -0.15) is 0 Å². The summed E-state index contributed by atoms with van der Waals surface area (Å²) in [6.45, 7) is 0. The lowest BCUT2D eigenvalue weighted by atomic mass is 10.1. The van der Waals surface area contributed by atoms with Crippen molar-refractivity contribution < 1.29 is 13.9 Å². The van der Waals surface area contributed by atoms with Crippen molar-refractivity contribution in [1.29, 1.82) is 0 Å². The van der Waals surface area contributed by atoms with E-state index in [0.29, 0.717) is 18.5 Å². The van der Waals surface area contributed by atoms with Crippen LogP contribution in [0.25, 0.3) is 0 Å². The summed E-state index contributed by atoms with van der Waals surface area (Å²) >= 11 is 0. The first-order valence-corrected chi connectivity index (χ1v) is 6.56. The minimum atomic E-state index is -0.494. The number of ether oxygens (including phenoxy) is 1. The Hall–Kier alpha value is -2.56. The van der Waals surface area contributed by atoms with Gasteiger partial charge in [0.25, 0.3) is 0 Å². The monoisotopic (exact) mass is 288 g/mol. The molecule has 0 bridgehead atoms. The van der Waals surface area contributed by atoms with Crippen molar-refractivity contribution in [2.75, 3.05) is 18.2 Å². The molecule has 0 unspecified atom stereocenters. The van der Waals surface area contributed by atoms with Crippen LogP contribution in [0.15, 0.2) is 42.5 Å². The Kier molecular flexibility index (Phi) is 4.77. The fourth-order valence-corrected chi connectivity index (χ4v) is 1.90. The molecule has 21 heavy (non-hydrogen) atoms. The van der Waals surface area contributed by atoms with Crippen molar-refractivity contribution in [2.24, 2.45) is 0 Å². The number of anilines is 2. The molecule has 0 radical (unpaired) electrons. The van der Waals surface area contributed by atoms with E-state index in [0.717, 1.165) is 11.3 Å². The number of amides is 1. The lowest BCUT2D eigenvalue weighted by molar-refractivity contribution is -0.116. The van der Waals surface area contributed by atoms with Crippen molar-refractivity contribution in [1.82, 2.24) is 0 Å². The Morgan fingerprint density at radius 2 is 1.95 bits per heavy atom. The number of carbonyl (C=O) groups excluding carboxylic acids is 1. The number of nitrogens with two attached hydrogens (primary N) is 1. The third kappa shape index (κ3) is 4.21. The normalized spacial score (nSPS) is 10.2. The van der Waals surface area contributed by atoms with Crippen LogP contribution in [0.4, 0.5) is 15.8 Å². The first-order chi connectivity index (χ1) is 10.1. The standard InChI is InChI=1S/C16H17FN2O2/c1-21-13-6-2-11(3-7-13)4-9-16(20)19-12-5-8-14(17)15(18)10-12/h2-3,5-8,10H,4,9,18H2,1H3,(H,19,20). The second kappa shape index (κ2) is 6.74. The summed E-state index contributed by atoms with van der Waals surface area (Å²) in [4.78, 5) is 11.8. The average Bonchev–Trinajstić information content (AvgIpc) is 2.49. The maximum Gasteiger partial charge on any atom is 0.224 e. The van der Waals surface area contributed by atoms with Gasteiger partial charge in [0, 0.05) is 12.1 Å². The largest absolute Gasteiger partial charge is 0.497 e. The molecule has 4 nitrogen and oxygen atoms in total. The van der Waals surface area contributed by atoms with Crippen molar-refractivity contribution in [3.8, 4) is 5.75 Å². The van der Waals surface area contributed by atoms with Crippen molar-refractivity contribution in [2.45, 2.75) is 12.8 Å². The lowest BCUT2D eigenvalue weighted by Crippen LogP contribution is -2.12. The SMILES string of the molecule is COc1ccc(CCC(=O)Nc2ccc(F)c(N)c2)cc1. The van der Waals surface area contributed by atoms with E-state index in [-0.39, 0.29) is 11.6 Å². The third-order valence-corrected chi connectivity index (χ3v) is 3.08. The van der Waals surface area contributed by atoms with Gasteiger partial charge in [0.05, 0.1) is 12.8 Å². The fraction of sp³-hybridized carbons (Fsp3) is 0.188. The molecule has 0 aromatic heterocycles. The van der Waals surface area contributed by atoms with E-state index in [4.69, 9.17) is 10.5 Å². The number of nitrogen functional groups attached to an aromatic ring is 1. The molecule has 0 aliphatic carbocycles. The van der Waals surface area contributed by atoms with Crippen LogP contribution in [0, 0.1) is 5.82 Å². The maximum atomic E-state index is 13.0. The van der Waals surface area contributed by atoms with Crippen LogP contribution in [0.2, 0.25) is 0 Å². The molecule has 0 saturated heterocycles. The second-order valence-corrected chi connectivity index (χ2v) is 4.63. The number of methoxy groups -OCH3 is 1. The maximum absolute atomic E-state index is 13.0. The van der Waals surface area contributed by atoms with Gasteiger partial charge in [0.1, 0.15) is 11.6 Å². The third-order valence-electron chi connectivity index (χ3n) is 3.08. The average molecular weight is 288 g/mol. The van der Waals surface area contributed by atoms with Gasteiger partial charge >= 0.3 is 0 Å². The first kappa shape index (κ1) is 14.8. The van der Waals surface area contributed by atoms with Crippen LogP contribution in [0.3, 0.4) is 0 Å². The fourth-order valence-electron chi connectivity index (χ4n) is 1.90. The molecule has 0 fully saturated rings. The van der Waals surface area contributed by atoms with Crippen LogP contribution in [-0.4, -0.2) is 13.0 Å². The first-order valence-electron chi connectivity index (χ1n) is 6.56. The van der Waals surface area contributed by atoms with Gasteiger partial charge in [-0.25, -0.2) is 4.39 Å². The van der Waals surface area contributed by atoms with E-state index in [1.807, 2.05) is 24.3 Å². The summed E-state index contributed by atoms with van der Waals surface area (Å²) in [5, 5.41) is 2.69. The number of halogens is 1. The van der Waals surface area contributed by atoms with Crippen LogP contribution < -0.4 is 15.8 Å². The quantitative estimate of drug-likeness (QED) is 0.831.